The Balaban J connectivity index is 1.56. The fourth-order valence-corrected chi connectivity index (χ4v) is 3.99. The predicted molar refractivity (Wildman–Crippen MR) is 117 cm³/mol. The van der Waals surface area contributed by atoms with E-state index in [0.29, 0.717) is 18.5 Å². The number of anilines is 1. The smallest absolute Gasteiger partial charge is 0.330 e. The number of hydrogen-bond acceptors (Lipinski definition) is 4. The summed E-state index contributed by atoms with van der Waals surface area (Å²) in [5, 5.41) is 13.1. The van der Waals surface area contributed by atoms with Gasteiger partial charge in [-0.05, 0) is 23.3 Å². The number of alkyl halides is 2. The number of ether oxygens (including phenoxy) is 2. The van der Waals surface area contributed by atoms with Gasteiger partial charge in [-0.25, -0.2) is 4.79 Å². The van der Waals surface area contributed by atoms with Gasteiger partial charge in [-0.15, -0.1) is 0 Å². The van der Waals surface area contributed by atoms with Crippen molar-refractivity contribution < 1.29 is 28.2 Å². The second kappa shape index (κ2) is 8.49. The first kappa shape index (κ1) is 21.6. The maximum atomic E-state index is 14.6. The van der Waals surface area contributed by atoms with Gasteiger partial charge in [0.2, 0.25) is 0 Å². The molecule has 1 aliphatic carbocycles. The third-order valence-electron chi connectivity index (χ3n) is 5.66. The van der Waals surface area contributed by atoms with Gasteiger partial charge < -0.3 is 19.9 Å². The number of benzene rings is 3. The molecule has 5 nitrogen and oxygen atoms in total. The molecule has 0 amide bonds. The summed E-state index contributed by atoms with van der Waals surface area (Å²) in [6.07, 6.45) is 0.625. The lowest BCUT2D eigenvalue weighted by atomic mass is 9.95. The molecule has 0 aliphatic heterocycles. The minimum atomic E-state index is -3.20. The average Bonchev–Trinajstić information content (AvgIpc) is 3.18. The Morgan fingerprint density at radius 2 is 1.62 bits per heavy atom. The van der Waals surface area contributed by atoms with Crippen molar-refractivity contribution in [3.05, 3.63) is 89.5 Å². The van der Waals surface area contributed by atoms with Crippen molar-refractivity contribution in [3.63, 3.8) is 0 Å². The highest BCUT2D eigenvalue weighted by Crippen LogP contribution is 2.37. The topological polar surface area (TPSA) is 67.8 Å². The number of halogens is 2. The SMILES string of the molecule is COc1ccc(NC2(C(=O)O)Cc3ccccc3C2)cc1OCC(F)(F)c1ccccc1. The van der Waals surface area contributed by atoms with E-state index in [9.17, 15) is 18.7 Å². The number of methoxy groups -OCH3 is 1. The number of fused-ring (bicyclic) bond motifs is 1. The first-order valence-corrected chi connectivity index (χ1v) is 10.2. The van der Waals surface area contributed by atoms with Crippen molar-refractivity contribution in [2.45, 2.75) is 24.3 Å². The molecule has 1 aliphatic rings. The monoisotopic (exact) mass is 439 g/mol. The molecule has 3 aromatic carbocycles. The Morgan fingerprint density at radius 3 is 2.22 bits per heavy atom. The number of carboxylic acid groups (broad SMARTS) is 1. The summed E-state index contributed by atoms with van der Waals surface area (Å²) in [6, 6.07) is 19.7. The summed E-state index contributed by atoms with van der Waals surface area (Å²) < 4.78 is 39.8. The van der Waals surface area contributed by atoms with Crippen LogP contribution in [0.2, 0.25) is 0 Å². The molecule has 4 rings (SSSR count). The number of rotatable bonds is 8. The lowest BCUT2D eigenvalue weighted by molar-refractivity contribution is -0.142. The van der Waals surface area contributed by atoms with Gasteiger partial charge in [0.25, 0.3) is 0 Å². The minimum absolute atomic E-state index is 0.101. The highest BCUT2D eigenvalue weighted by molar-refractivity contribution is 5.85. The molecule has 166 valence electrons. The standard InChI is InChI=1S/C25H23F2NO4/c1-31-21-12-11-20(13-22(21)32-16-25(26,27)19-9-3-2-4-10-19)28-24(23(29)30)14-17-7-5-6-8-18(17)15-24/h2-13,28H,14-16H2,1H3,(H,29,30). The van der Waals surface area contributed by atoms with Crippen molar-refractivity contribution in [1.82, 2.24) is 0 Å². The van der Waals surface area contributed by atoms with E-state index in [4.69, 9.17) is 9.47 Å². The Labute approximate surface area is 184 Å². The van der Waals surface area contributed by atoms with Crippen molar-refractivity contribution >= 4 is 11.7 Å². The molecular weight excluding hydrogens is 416 g/mol. The van der Waals surface area contributed by atoms with Crippen LogP contribution in [0.4, 0.5) is 14.5 Å². The molecule has 7 heteroatoms. The highest BCUT2D eigenvalue weighted by Gasteiger charge is 2.44. The fourth-order valence-electron chi connectivity index (χ4n) is 3.99. The lowest BCUT2D eigenvalue weighted by Gasteiger charge is -2.27. The second-order valence-corrected chi connectivity index (χ2v) is 7.86. The Hall–Kier alpha value is -3.61. The maximum absolute atomic E-state index is 14.6. The van der Waals surface area contributed by atoms with Gasteiger partial charge in [0.05, 0.1) is 7.11 Å². The van der Waals surface area contributed by atoms with Crippen LogP contribution in [0, 0.1) is 0 Å². The Morgan fingerprint density at radius 1 is 1.00 bits per heavy atom. The number of hydrogen-bond donors (Lipinski definition) is 2. The molecule has 0 aromatic heterocycles. The van der Waals surface area contributed by atoms with Crippen LogP contribution in [0.15, 0.2) is 72.8 Å². The van der Waals surface area contributed by atoms with Crippen LogP contribution in [0.25, 0.3) is 0 Å². The third kappa shape index (κ3) is 4.23. The van der Waals surface area contributed by atoms with Gasteiger partial charge in [0.1, 0.15) is 5.54 Å². The average molecular weight is 439 g/mol. The molecular formula is C25H23F2NO4. The fraction of sp³-hybridized carbons (Fsp3) is 0.240. The van der Waals surface area contributed by atoms with E-state index in [1.807, 2.05) is 24.3 Å². The zero-order valence-corrected chi connectivity index (χ0v) is 17.5. The molecule has 3 aromatic rings. The number of nitrogens with one attached hydrogen (secondary N) is 1. The van der Waals surface area contributed by atoms with E-state index in [1.165, 1.54) is 25.3 Å². The van der Waals surface area contributed by atoms with Crippen LogP contribution in [0.3, 0.4) is 0 Å². The first-order valence-electron chi connectivity index (χ1n) is 10.2. The first-order chi connectivity index (χ1) is 15.3. The Bertz CT molecular complexity index is 1090. The lowest BCUT2D eigenvalue weighted by Crippen LogP contribution is -2.47. The summed E-state index contributed by atoms with van der Waals surface area (Å²) in [5.74, 6) is -3.81. The van der Waals surface area contributed by atoms with E-state index >= 15 is 0 Å². The molecule has 0 unspecified atom stereocenters. The summed E-state index contributed by atoms with van der Waals surface area (Å²) in [5.41, 5.74) is 0.995. The number of carboxylic acids is 1. The summed E-state index contributed by atoms with van der Waals surface area (Å²) in [4.78, 5) is 12.2. The molecule has 2 N–H and O–H groups in total. The van der Waals surface area contributed by atoms with E-state index < -0.39 is 24.0 Å². The van der Waals surface area contributed by atoms with Crippen LogP contribution in [0.5, 0.6) is 11.5 Å². The van der Waals surface area contributed by atoms with E-state index in [2.05, 4.69) is 5.32 Å². The largest absolute Gasteiger partial charge is 0.493 e. The van der Waals surface area contributed by atoms with Gasteiger partial charge in [-0.1, -0.05) is 54.6 Å². The minimum Gasteiger partial charge on any atom is -0.493 e. The van der Waals surface area contributed by atoms with Gasteiger partial charge >= 0.3 is 11.9 Å². The van der Waals surface area contributed by atoms with Crippen molar-refractivity contribution in [2.24, 2.45) is 0 Å². The molecule has 32 heavy (non-hydrogen) atoms. The molecule has 0 radical (unpaired) electrons. The normalized spacial score (nSPS) is 14.5. The zero-order chi connectivity index (χ0) is 22.8. The van der Waals surface area contributed by atoms with Gasteiger partial charge in [-0.3, -0.25) is 0 Å². The zero-order valence-electron chi connectivity index (χ0n) is 17.5. The van der Waals surface area contributed by atoms with Gasteiger partial charge in [0.15, 0.2) is 18.1 Å². The Kier molecular flexibility index (Phi) is 5.74. The molecule has 0 spiro atoms. The van der Waals surface area contributed by atoms with Crippen molar-refractivity contribution in [2.75, 3.05) is 19.0 Å². The third-order valence-corrected chi connectivity index (χ3v) is 5.66. The molecule has 0 fully saturated rings. The predicted octanol–water partition coefficient (Wildman–Crippen LogP) is 4.90. The van der Waals surface area contributed by atoms with Crippen LogP contribution < -0.4 is 14.8 Å². The molecule has 0 saturated heterocycles. The summed E-state index contributed by atoms with van der Waals surface area (Å²) in [7, 11) is 1.41. The van der Waals surface area contributed by atoms with Crippen LogP contribution in [-0.2, 0) is 23.6 Å². The molecule has 0 saturated carbocycles. The second-order valence-electron chi connectivity index (χ2n) is 7.86. The van der Waals surface area contributed by atoms with Crippen molar-refractivity contribution in [1.29, 1.82) is 0 Å². The quantitative estimate of drug-likeness (QED) is 0.523. The van der Waals surface area contributed by atoms with Crippen LogP contribution in [-0.4, -0.2) is 30.3 Å². The van der Waals surface area contributed by atoms with Crippen molar-refractivity contribution in [3.8, 4) is 11.5 Å². The molecule has 0 bridgehead atoms. The number of aliphatic carboxylic acids is 1. The number of carbonyl (C=O) groups is 1. The highest BCUT2D eigenvalue weighted by atomic mass is 19.3. The molecule has 0 heterocycles. The van der Waals surface area contributed by atoms with Crippen LogP contribution >= 0.6 is 0 Å². The van der Waals surface area contributed by atoms with E-state index in [-0.39, 0.29) is 17.1 Å². The van der Waals surface area contributed by atoms with Gasteiger partial charge in [-0.2, -0.15) is 8.78 Å². The van der Waals surface area contributed by atoms with E-state index in [0.717, 1.165) is 11.1 Å². The molecule has 0 atom stereocenters. The van der Waals surface area contributed by atoms with Gasteiger partial charge in [0, 0.05) is 30.2 Å². The summed E-state index contributed by atoms with van der Waals surface area (Å²) in [6.45, 7) is -0.883. The summed E-state index contributed by atoms with van der Waals surface area (Å²) >= 11 is 0. The van der Waals surface area contributed by atoms with E-state index in [1.54, 1.807) is 30.3 Å². The maximum Gasteiger partial charge on any atom is 0.330 e. The van der Waals surface area contributed by atoms with Crippen LogP contribution in [0.1, 0.15) is 16.7 Å².